The van der Waals surface area contributed by atoms with Gasteiger partial charge in [0.1, 0.15) is 10.7 Å². The second kappa shape index (κ2) is 4.96. The molecule has 1 amide bonds. The Morgan fingerprint density at radius 2 is 2.47 bits per heavy atom. The molecule has 7 heteroatoms. The van der Waals surface area contributed by atoms with Gasteiger partial charge in [-0.1, -0.05) is 11.4 Å². The molecule has 0 unspecified atom stereocenters. The van der Waals surface area contributed by atoms with Gasteiger partial charge in [-0.15, -0.1) is 5.10 Å². The summed E-state index contributed by atoms with van der Waals surface area (Å²) in [5, 5.41) is 7.01. The Bertz CT molecular complexity index is 505. The molecule has 0 aliphatic heterocycles. The Morgan fingerprint density at radius 1 is 1.65 bits per heavy atom. The zero-order chi connectivity index (χ0) is 12.3. The Hall–Kier alpha value is -1.89. The first-order valence-electron chi connectivity index (χ1n) is 5.25. The molecule has 6 nitrogen and oxygen atoms in total. The maximum Gasteiger partial charge on any atom is 0.273 e. The predicted molar refractivity (Wildman–Crippen MR) is 67.0 cm³/mol. The van der Waals surface area contributed by atoms with Crippen LogP contribution in [0.4, 0.5) is 10.7 Å². The van der Waals surface area contributed by atoms with Gasteiger partial charge in [-0.2, -0.15) is 0 Å². The van der Waals surface area contributed by atoms with Crippen LogP contribution in [0.3, 0.4) is 0 Å². The number of carbonyl (C=O) groups is 1. The molecule has 2 heterocycles. The van der Waals surface area contributed by atoms with Gasteiger partial charge in [0, 0.05) is 24.3 Å². The van der Waals surface area contributed by atoms with Crippen molar-refractivity contribution in [1.29, 1.82) is 0 Å². The Balaban J connectivity index is 2.18. The predicted octanol–water partition coefficient (Wildman–Crippen LogP) is 1.58. The zero-order valence-electron chi connectivity index (χ0n) is 9.38. The summed E-state index contributed by atoms with van der Waals surface area (Å²) >= 11 is 1.14. The molecule has 90 valence electrons. The number of hydrogen-bond acceptors (Lipinski definition) is 5. The van der Waals surface area contributed by atoms with Crippen LogP contribution in [0.2, 0.25) is 0 Å². The van der Waals surface area contributed by atoms with Gasteiger partial charge in [0.15, 0.2) is 0 Å². The number of nitrogen functional groups attached to an aromatic ring is 1. The number of rotatable bonds is 4. The third-order valence-electron chi connectivity index (χ3n) is 2.21. The minimum atomic E-state index is -0.193. The van der Waals surface area contributed by atoms with Crippen LogP contribution in [0.15, 0.2) is 18.5 Å². The smallest absolute Gasteiger partial charge is 0.273 e. The van der Waals surface area contributed by atoms with Crippen LogP contribution in [-0.4, -0.2) is 20.1 Å². The molecule has 0 bridgehead atoms. The lowest BCUT2D eigenvalue weighted by Crippen LogP contribution is -2.16. The van der Waals surface area contributed by atoms with E-state index in [1.54, 1.807) is 12.3 Å². The van der Waals surface area contributed by atoms with Crippen LogP contribution in [-0.2, 0) is 6.54 Å². The average Bonchev–Trinajstić information content (AvgIpc) is 2.88. The monoisotopic (exact) mass is 251 g/mol. The summed E-state index contributed by atoms with van der Waals surface area (Å²) in [7, 11) is 0. The molecule has 17 heavy (non-hydrogen) atoms. The number of aromatic nitrogens is 3. The molecule has 2 aromatic rings. The van der Waals surface area contributed by atoms with Gasteiger partial charge in [-0.05, 0) is 12.5 Å². The highest BCUT2D eigenvalue weighted by Gasteiger charge is 2.13. The summed E-state index contributed by atoms with van der Waals surface area (Å²) in [5.74, 6) is -0.193. The first kappa shape index (κ1) is 11.6. The van der Waals surface area contributed by atoms with Crippen molar-refractivity contribution in [2.24, 2.45) is 0 Å². The summed E-state index contributed by atoms with van der Waals surface area (Å²) in [5.41, 5.74) is 6.84. The Morgan fingerprint density at radius 3 is 3.12 bits per heavy atom. The summed E-state index contributed by atoms with van der Waals surface area (Å²) in [4.78, 5) is 12.0. The molecule has 0 saturated carbocycles. The number of nitrogens with one attached hydrogen (secondary N) is 1. The van der Waals surface area contributed by atoms with E-state index in [0.29, 0.717) is 16.4 Å². The molecule has 0 aliphatic carbocycles. The second-order valence-corrected chi connectivity index (χ2v) is 4.37. The van der Waals surface area contributed by atoms with Crippen molar-refractivity contribution < 1.29 is 4.79 Å². The van der Waals surface area contributed by atoms with Gasteiger partial charge in [-0.3, -0.25) is 4.79 Å². The number of nitrogens with two attached hydrogens (primary N) is 1. The fourth-order valence-electron chi connectivity index (χ4n) is 1.55. The van der Waals surface area contributed by atoms with Crippen molar-refractivity contribution in [2.45, 2.75) is 19.9 Å². The van der Waals surface area contributed by atoms with E-state index in [4.69, 9.17) is 5.73 Å². The van der Waals surface area contributed by atoms with Crippen molar-refractivity contribution >= 4 is 28.1 Å². The van der Waals surface area contributed by atoms with Crippen molar-refractivity contribution in [3.8, 4) is 0 Å². The van der Waals surface area contributed by atoms with Crippen molar-refractivity contribution in [1.82, 2.24) is 14.2 Å². The molecule has 0 saturated heterocycles. The third kappa shape index (κ3) is 2.62. The molecule has 0 atom stereocenters. The van der Waals surface area contributed by atoms with E-state index in [-0.39, 0.29) is 5.91 Å². The van der Waals surface area contributed by atoms with E-state index in [1.165, 1.54) is 6.20 Å². The van der Waals surface area contributed by atoms with Crippen molar-refractivity contribution in [3.63, 3.8) is 0 Å². The van der Waals surface area contributed by atoms with E-state index < -0.39 is 0 Å². The lowest BCUT2D eigenvalue weighted by atomic mass is 10.3. The molecule has 2 aromatic heterocycles. The molecule has 0 radical (unpaired) electrons. The standard InChI is InChI=1S/C10H13N5OS/c1-2-3-15-6-7(11)4-8(15)10(16)13-9-5-12-14-17-9/h4-6H,2-3,11H2,1H3,(H,13,16). The highest BCUT2D eigenvalue weighted by Crippen LogP contribution is 2.15. The Labute approximate surface area is 103 Å². The van der Waals surface area contributed by atoms with Crippen LogP contribution in [0.5, 0.6) is 0 Å². The quantitative estimate of drug-likeness (QED) is 0.864. The van der Waals surface area contributed by atoms with Gasteiger partial charge in [0.2, 0.25) is 0 Å². The lowest BCUT2D eigenvalue weighted by molar-refractivity contribution is 0.101. The minimum absolute atomic E-state index is 0.193. The number of nitrogens with zero attached hydrogens (tertiary/aromatic N) is 3. The Kier molecular flexibility index (Phi) is 3.38. The van der Waals surface area contributed by atoms with Gasteiger partial charge in [0.25, 0.3) is 5.91 Å². The first-order valence-corrected chi connectivity index (χ1v) is 6.02. The first-order chi connectivity index (χ1) is 8.20. The van der Waals surface area contributed by atoms with Gasteiger partial charge in [-0.25, -0.2) is 0 Å². The average molecular weight is 251 g/mol. The van der Waals surface area contributed by atoms with E-state index in [1.807, 2.05) is 11.5 Å². The highest BCUT2D eigenvalue weighted by atomic mass is 32.1. The molecular weight excluding hydrogens is 238 g/mol. The van der Waals surface area contributed by atoms with Crippen LogP contribution in [0.25, 0.3) is 0 Å². The van der Waals surface area contributed by atoms with Gasteiger partial charge < -0.3 is 15.6 Å². The SMILES string of the molecule is CCCn1cc(N)cc1C(=O)Nc1cnns1. The topological polar surface area (TPSA) is 85.8 Å². The van der Waals surface area contributed by atoms with Crippen LogP contribution >= 0.6 is 11.5 Å². The van der Waals surface area contributed by atoms with Crippen LogP contribution < -0.4 is 11.1 Å². The maximum absolute atomic E-state index is 12.0. The normalized spacial score (nSPS) is 10.4. The maximum atomic E-state index is 12.0. The molecule has 0 spiro atoms. The summed E-state index contributed by atoms with van der Waals surface area (Å²) in [6.07, 6.45) is 4.22. The zero-order valence-corrected chi connectivity index (χ0v) is 10.2. The molecular formula is C10H13N5OS. The number of anilines is 2. The number of aryl methyl sites for hydroxylation is 1. The van der Waals surface area contributed by atoms with E-state index in [0.717, 1.165) is 24.5 Å². The molecule has 3 N–H and O–H groups in total. The summed E-state index contributed by atoms with van der Waals surface area (Å²) in [6, 6.07) is 1.67. The summed E-state index contributed by atoms with van der Waals surface area (Å²) < 4.78 is 5.52. The van der Waals surface area contributed by atoms with Crippen molar-refractivity contribution in [2.75, 3.05) is 11.1 Å². The minimum Gasteiger partial charge on any atom is -0.397 e. The number of hydrogen-bond donors (Lipinski definition) is 2. The molecule has 0 aromatic carbocycles. The van der Waals surface area contributed by atoms with E-state index in [9.17, 15) is 4.79 Å². The molecule has 0 fully saturated rings. The third-order valence-corrected chi connectivity index (χ3v) is 2.79. The van der Waals surface area contributed by atoms with Gasteiger partial charge >= 0.3 is 0 Å². The molecule has 2 rings (SSSR count). The lowest BCUT2D eigenvalue weighted by Gasteiger charge is -2.06. The van der Waals surface area contributed by atoms with Crippen LogP contribution in [0, 0.1) is 0 Å². The van der Waals surface area contributed by atoms with Crippen LogP contribution in [0.1, 0.15) is 23.8 Å². The number of amides is 1. The van der Waals surface area contributed by atoms with Crippen molar-refractivity contribution in [3.05, 3.63) is 24.2 Å². The fourth-order valence-corrected chi connectivity index (χ4v) is 1.96. The van der Waals surface area contributed by atoms with E-state index >= 15 is 0 Å². The number of carbonyl (C=O) groups excluding carboxylic acids is 1. The highest BCUT2D eigenvalue weighted by molar-refractivity contribution is 7.10. The molecule has 0 aliphatic rings. The fraction of sp³-hybridized carbons (Fsp3) is 0.300. The summed E-state index contributed by atoms with van der Waals surface area (Å²) in [6.45, 7) is 2.81. The van der Waals surface area contributed by atoms with Gasteiger partial charge in [0.05, 0.1) is 11.9 Å². The largest absolute Gasteiger partial charge is 0.397 e. The second-order valence-electron chi connectivity index (χ2n) is 3.59. The van der Waals surface area contributed by atoms with E-state index in [2.05, 4.69) is 14.9 Å².